The molecule has 0 aliphatic carbocycles. The number of halogens is 1. The molecule has 2 rings (SSSR count). The van der Waals surface area contributed by atoms with Crippen LogP contribution < -0.4 is 9.47 Å². The number of hydrogen-bond acceptors (Lipinski definition) is 7. The molecule has 0 radical (unpaired) electrons. The number of imide groups is 1. The minimum atomic E-state index is -0.627. The monoisotopic (exact) mass is 443 g/mol. The lowest BCUT2D eigenvalue weighted by Crippen LogP contribution is -2.35. The van der Waals surface area contributed by atoms with Gasteiger partial charge in [-0.2, -0.15) is 0 Å². The van der Waals surface area contributed by atoms with Gasteiger partial charge in [0.15, 0.2) is 11.5 Å². The standard InChI is InChI=1S/C17H18BrNO6S/c1-9(2)25-14(20)8-19-16(21)13(26-17(19)22)7-10-5-11(18)15(24-4)12(6-10)23-3/h5-7,9H,8H2,1-4H3/b13-7-. The van der Waals surface area contributed by atoms with Crippen molar-refractivity contribution in [3.05, 3.63) is 27.1 Å². The van der Waals surface area contributed by atoms with Crippen LogP contribution in [0.5, 0.6) is 11.5 Å². The molecule has 9 heteroatoms. The van der Waals surface area contributed by atoms with Crippen molar-refractivity contribution in [2.45, 2.75) is 20.0 Å². The van der Waals surface area contributed by atoms with Gasteiger partial charge in [-0.1, -0.05) is 0 Å². The first-order valence-electron chi connectivity index (χ1n) is 7.63. The Morgan fingerprint density at radius 3 is 2.54 bits per heavy atom. The third kappa shape index (κ3) is 4.59. The van der Waals surface area contributed by atoms with Gasteiger partial charge in [-0.25, -0.2) is 0 Å². The van der Waals surface area contributed by atoms with Gasteiger partial charge in [-0.15, -0.1) is 0 Å². The average Bonchev–Trinajstić information content (AvgIpc) is 2.81. The molecule has 1 aromatic rings. The number of benzene rings is 1. The topological polar surface area (TPSA) is 82.1 Å². The van der Waals surface area contributed by atoms with E-state index in [9.17, 15) is 14.4 Å². The summed E-state index contributed by atoms with van der Waals surface area (Å²) in [5, 5.41) is -0.513. The van der Waals surface area contributed by atoms with Crippen molar-refractivity contribution in [1.29, 1.82) is 0 Å². The number of hydrogen-bond donors (Lipinski definition) is 0. The summed E-state index contributed by atoms with van der Waals surface area (Å²) in [6, 6.07) is 3.42. The Morgan fingerprint density at radius 2 is 1.96 bits per heavy atom. The van der Waals surface area contributed by atoms with Crippen LogP contribution in [0, 0.1) is 0 Å². The Bertz CT molecular complexity index is 777. The van der Waals surface area contributed by atoms with Gasteiger partial charge in [0.1, 0.15) is 6.54 Å². The van der Waals surface area contributed by atoms with Crippen LogP contribution in [0.25, 0.3) is 6.08 Å². The van der Waals surface area contributed by atoms with Crippen molar-refractivity contribution >= 4 is 50.9 Å². The summed E-state index contributed by atoms with van der Waals surface area (Å²) >= 11 is 4.15. The van der Waals surface area contributed by atoms with E-state index in [-0.39, 0.29) is 11.0 Å². The molecular weight excluding hydrogens is 426 g/mol. The Morgan fingerprint density at radius 1 is 1.27 bits per heavy atom. The molecule has 0 aromatic heterocycles. The van der Waals surface area contributed by atoms with Gasteiger partial charge >= 0.3 is 5.97 Å². The van der Waals surface area contributed by atoms with Crippen molar-refractivity contribution in [1.82, 2.24) is 4.90 Å². The zero-order valence-electron chi connectivity index (χ0n) is 14.7. The Labute approximate surface area is 163 Å². The molecule has 26 heavy (non-hydrogen) atoms. The first kappa shape index (κ1) is 20.3. The van der Waals surface area contributed by atoms with Crippen LogP contribution >= 0.6 is 27.7 Å². The third-order valence-electron chi connectivity index (χ3n) is 3.28. The SMILES string of the molecule is COc1cc(/C=C2\SC(=O)N(CC(=O)OC(C)C)C2=O)cc(Br)c1OC. The average molecular weight is 444 g/mol. The van der Waals surface area contributed by atoms with Crippen LogP contribution in [0.2, 0.25) is 0 Å². The van der Waals surface area contributed by atoms with Gasteiger partial charge in [0.05, 0.1) is 29.7 Å². The van der Waals surface area contributed by atoms with Crippen LogP contribution in [0.1, 0.15) is 19.4 Å². The van der Waals surface area contributed by atoms with E-state index in [0.717, 1.165) is 16.7 Å². The second kappa shape index (κ2) is 8.59. The highest BCUT2D eigenvalue weighted by Crippen LogP contribution is 2.38. The summed E-state index contributed by atoms with van der Waals surface area (Å²) in [5.41, 5.74) is 0.643. The number of carbonyl (C=O) groups excluding carboxylic acids is 3. The molecule has 1 aliphatic rings. The zero-order valence-corrected chi connectivity index (χ0v) is 17.1. The highest BCUT2D eigenvalue weighted by atomic mass is 79.9. The van der Waals surface area contributed by atoms with E-state index in [1.54, 1.807) is 32.1 Å². The molecule has 1 aromatic carbocycles. The number of esters is 1. The molecule has 1 heterocycles. The molecule has 0 spiro atoms. The van der Waals surface area contributed by atoms with Crippen LogP contribution in [-0.2, 0) is 14.3 Å². The molecule has 0 atom stereocenters. The number of methoxy groups -OCH3 is 2. The molecule has 0 unspecified atom stereocenters. The van der Waals surface area contributed by atoms with Crippen LogP contribution in [0.4, 0.5) is 4.79 Å². The molecule has 0 N–H and O–H groups in total. The zero-order chi connectivity index (χ0) is 19.4. The molecule has 1 fully saturated rings. The molecule has 140 valence electrons. The summed E-state index contributed by atoms with van der Waals surface area (Å²) in [4.78, 5) is 37.3. The number of carbonyl (C=O) groups is 3. The molecule has 1 saturated heterocycles. The largest absolute Gasteiger partial charge is 0.493 e. The van der Waals surface area contributed by atoms with Crippen LogP contribution in [0.15, 0.2) is 21.5 Å². The maximum Gasteiger partial charge on any atom is 0.326 e. The number of amides is 2. The molecule has 2 amide bonds. The molecule has 0 bridgehead atoms. The molecule has 0 saturated carbocycles. The van der Waals surface area contributed by atoms with E-state index in [1.165, 1.54) is 14.2 Å². The van der Waals surface area contributed by atoms with Crippen LogP contribution in [0.3, 0.4) is 0 Å². The van der Waals surface area contributed by atoms with Gasteiger partial charge in [-0.05, 0) is 65.3 Å². The van der Waals surface area contributed by atoms with Gasteiger partial charge < -0.3 is 14.2 Å². The van der Waals surface area contributed by atoms with Crippen molar-refractivity contribution in [2.75, 3.05) is 20.8 Å². The first-order chi connectivity index (χ1) is 12.3. The quantitative estimate of drug-likeness (QED) is 0.491. The predicted molar refractivity (Wildman–Crippen MR) is 101 cm³/mol. The maximum absolute atomic E-state index is 12.4. The number of nitrogens with zero attached hydrogens (tertiary/aromatic N) is 1. The van der Waals surface area contributed by atoms with Crippen molar-refractivity contribution < 1.29 is 28.6 Å². The van der Waals surface area contributed by atoms with Crippen LogP contribution in [-0.4, -0.2) is 48.9 Å². The van der Waals surface area contributed by atoms with Gasteiger partial charge in [0.25, 0.3) is 11.1 Å². The van der Waals surface area contributed by atoms with E-state index >= 15 is 0 Å². The van der Waals surface area contributed by atoms with Gasteiger partial charge in [0.2, 0.25) is 0 Å². The summed E-state index contributed by atoms with van der Waals surface area (Å²) in [6.07, 6.45) is 1.24. The van der Waals surface area contributed by atoms with Gasteiger partial charge in [-0.3, -0.25) is 19.3 Å². The van der Waals surface area contributed by atoms with Crippen molar-refractivity contribution in [3.8, 4) is 11.5 Å². The molecule has 1 aliphatic heterocycles. The smallest absolute Gasteiger partial charge is 0.326 e. The minimum absolute atomic E-state index is 0.214. The normalized spacial score (nSPS) is 15.8. The van der Waals surface area contributed by atoms with E-state index in [2.05, 4.69) is 15.9 Å². The Balaban J connectivity index is 2.25. The lowest BCUT2D eigenvalue weighted by atomic mass is 10.2. The fourth-order valence-electron chi connectivity index (χ4n) is 2.24. The van der Waals surface area contributed by atoms with Crippen molar-refractivity contribution in [3.63, 3.8) is 0 Å². The highest BCUT2D eigenvalue weighted by Gasteiger charge is 2.36. The summed E-state index contributed by atoms with van der Waals surface area (Å²) in [6.45, 7) is 2.98. The second-order valence-corrected chi connectivity index (χ2v) is 7.39. The summed E-state index contributed by atoms with van der Waals surface area (Å²) < 4.78 is 16.1. The molecular formula is C17H18BrNO6S. The fraction of sp³-hybridized carbons (Fsp3) is 0.353. The first-order valence-corrected chi connectivity index (χ1v) is 9.24. The Kier molecular flexibility index (Phi) is 6.71. The van der Waals surface area contributed by atoms with Gasteiger partial charge in [0, 0.05) is 0 Å². The second-order valence-electron chi connectivity index (χ2n) is 5.54. The summed E-state index contributed by atoms with van der Waals surface area (Å²) in [7, 11) is 3.02. The third-order valence-corrected chi connectivity index (χ3v) is 4.78. The lowest BCUT2D eigenvalue weighted by Gasteiger charge is -2.13. The van der Waals surface area contributed by atoms with E-state index in [4.69, 9.17) is 14.2 Å². The summed E-state index contributed by atoms with van der Waals surface area (Å²) in [5.74, 6) is -0.161. The Hall–Kier alpha value is -2.00. The minimum Gasteiger partial charge on any atom is -0.493 e. The number of rotatable bonds is 6. The van der Waals surface area contributed by atoms with E-state index in [0.29, 0.717) is 21.5 Å². The fourth-order valence-corrected chi connectivity index (χ4v) is 3.70. The van der Waals surface area contributed by atoms with Crippen molar-refractivity contribution in [2.24, 2.45) is 0 Å². The maximum atomic E-state index is 12.4. The van der Waals surface area contributed by atoms with E-state index in [1.807, 2.05) is 0 Å². The lowest BCUT2D eigenvalue weighted by molar-refractivity contribution is -0.149. The van der Waals surface area contributed by atoms with E-state index < -0.39 is 23.7 Å². The number of ether oxygens (including phenoxy) is 3. The highest BCUT2D eigenvalue weighted by molar-refractivity contribution is 9.10. The number of thioether (sulfide) groups is 1. The molecule has 7 nitrogen and oxygen atoms in total. The predicted octanol–water partition coefficient (Wildman–Crippen LogP) is 3.45.